The van der Waals surface area contributed by atoms with E-state index in [1.54, 1.807) is 0 Å². The molecule has 0 saturated carbocycles. The number of rotatable bonds is 2. The zero-order valence-corrected chi connectivity index (χ0v) is 18.3. The normalized spacial score (nSPS) is 26.0. The number of likely N-dealkylation sites (tertiary alicyclic amines) is 2. The van der Waals surface area contributed by atoms with Crippen LogP contribution in [0.5, 0.6) is 0 Å². The van der Waals surface area contributed by atoms with Crippen molar-refractivity contribution in [3.63, 3.8) is 0 Å². The first kappa shape index (κ1) is 21.4. The maximum Gasteiger partial charge on any atom is 0.225 e. The minimum Gasteiger partial charge on any atom is -0.341 e. The highest BCUT2D eigenvalue weighted by Crippen LogP contribution is 2.37. The van der Waals surface area contributed by atoms with Gasteiger partial charge in [-0.2, -0.15) is 0 Å². The fourth-order valence-electron chi connectivity index (χ4n) is 4.65. The molecule has 2 heterocycles. The number of nitrogens with zero attached hydrogens (tertiary/aromatic N) is 2. The monoisotopic (exact) mass is 364 g/mol. The van der Waals surface area contributed by atoms with E-state index < -0.39 is 0 Å². The minimum atomic E-state index is -0.342. The van der Waals surface area contributed by atoms with Crippen molar-refractivity contribution in [2.75, 3.05) is 26.2 Å². The van der Waals surface area contributed by atoms with E-state index in [0.29, 0.717) is 12.3 Å². The number of carbonyl (C=O) groups is 2. The number of ketones is 1. The molecule has 2 fully saturated rings. The van der Waals surface area contributed by atoms with E-state index in [9.17, 15) is 9.59 Å². The summed E-state index contributed by atoms with van der Waals surface area (Å²) in [6.45, 7) is 20.4. The Kier molecular flexibility index (Phi) is 5.97. The number of carbonyl (C=O) groups excluding carboxylic acids is 2. The van der Waals surface area contributed by atoms with Crippen LogP contribution in [0.15, 0.2) is 0 Å². The van der Waals surface area contributed by atoms with Crippen LogP contribution in [-0.4, -0.2) is 53.2 Å². The Bertz CT molecular complexity index is 531. The number of piperidine rings is 2. The van der Waals surface area contributed by atoms with E-state index in [1.165, 1.54) is 0 Å². The van der Waals surface area contributed by atoms with Gasteiger partial charge in [0.25, 0.3) is 0 Å². The van der Waals surface area contributed by atoms with Crippen LogP contribution in [0.4, 0.5) is 0 Å². The molecule has 4 nitrogen and oxygen atoms in total. The first-order valence-corrected chi connectivity index (χ1v) is 10.3. The van der Waals surface area contributed by atoms with Crippen LogP contribution < -0.4 is 0 Å². The summed E-state index contributed by atoms with van der Waals surface area (Å²) in [5.74, 6) is 0.661. The summed E-state index contributed by atoms with van der Waals surface area (Å²) in [4.78, 5) is 30.6. The molecule has 0 radical (unpaired) electrons. The van der Waals surface area contributed by atoms with E-state index in [1.807, 2.05) is 25.7 Å². The molecule has 1 amide bonds. The summed E-state index contributed by atoms with van der Waals surface area (Å²) in [7, 11) is 0. The molecule has 0 aromatic rings. The molecular weight excluding hydrogens is 324 g/mol. The summed E-state index contributed by atoms with van der Waals surface area (Å²) in [6, 6.07) is 0. The average Bonchev–Trinajstić information content (AvgIpc) is 2.50. The summed E-state index contributed by atoms with van der Waals surface area (Å²) in [5.41, 5.74) is -0.165. The van der Waals surface area contributed by atoms with Crippen LogP contribution in [0.1, 0.15) is 74.7 Å². The molecule has 0 aliphatic carbocycles. The number of hydrogen-bond acceptors (Lipinski definition) is 3. The first-order valence-electron chi connectivity index (χ1n) is 10.3. The van der Waals surface area contributed by atoms with E-state index in [-0.39, 0.29) is 34.1 Å². The van der Waals surface area contributed by atoms with Crippen molar-refractivity contribution in [2.45, 2.75) is 80.2 Å². The van der Waals surface area contributed by atoms with E-state index in [2.05, 4.69) is 39.5 Å². The molecule has 1 unspecified atom stereocenters. The third-order valence-corrected chi connectivity index (χ3v) is 6.07. The third-order valence-electron chi connectivity index (χ3n) is 6.07. The lowest BCUT2D eigenvalue weighted by Crippen LogP contribution is -2.54. The van der Waals surface area contributed by atoms with Crippen LogP contribution >= 0.6 is 0 Å². The highest BCUT2D eigenvalue weighted by atomic mass is 16.2. The zero-order chi connectivity index (χ0) is 19.9. The van der Waals surface area contributed by atoms with Crippen molar-refractivity contribution in [1.29, 1.82) is 0 Å². The third kappa shape index (κ3) is 5.09. The fourth-order valence-corrected chi connectivity index (χ4v) is 4.65. The zero-order valence-electron chi connectivity index (χ0n) is 18.3. The van der Waals surface area contributed by atoms with Gasteiger partial charge in [-0.3, -0.25) is 14.5 Å². The van der Waals surface area contributed by atoms with Crippen molar-refractivity contribution >= 4 is 11.7 Å². The molecule has 0 bridgehead atoms. The molecule has 0 aromatic heterocycles. The lowest BCUT2D eigenvalue weighted by molar-refractivity contribution is -0.146. The molecule has 0 spiro atoms. The predicted octanol–water partition coefficient (Wildman–Crippen LogP) is 3.99. The van der Waals surface area contributed by atoms with Gasteiger partial charge < -0.3 is 4.90 Å². The quantitative estimate of drug-likeness (QED) is 0.744. The molecule has 0 aromatic carbocycles. The van der Waals surface area contributed by atoms with Gasteiger partial charge in [-0.25, -0.2) is 0 Å². The van der Waals surface area contributed by atoms with E-state index in [4.69, 9.17) is 0 Å². The largest absolute Gasteiger partial charge is 0.341 e. The minimum absolute atomic E-state index is 0.00555. The van der Waals surface area contributed by atoms with Gasteiger partial charge in [0.2, 0.25) is 5.91 Å². The van der Waals surface area contributed by atoms with Gasteiger partial charge in [-0.1, -0.05) is 34.6 Å². The smallest absolute Gasteiger partial charge is 0.225 e. The maximum absolute atomic E-state index is 13.2. The Balaban J connectivity index is 2.05. The predicted molar refractivity (Wildman–Crippen MR) is 107 cm³/mol. The summed E-state index contributed by atoms with van der Waals surface area (Å²) < 4.78 is 0. The highest BCUT2D eigenvalue weighted by molar-refractivity contribution is 5.87. The standard InChI is InChI=1S/C22H40N2O2/c1-20(2,3)18(25)17-13-22(7,8)15-23(14-17)19(26)16-9-11-24(12-10-16)21(4,5)6/h16-17H,9-15H2,1-8H3. The Labute approximate surface area is 160 Å². The molecular formula is C22H40N2O2. The van der Waals surface area contributed by atoms with Gasteiger partial charge in [-0.15, -0.1) is 0 Å². The second-order valence-corrected chi connectivity index (χ2v) is 11.3. The van der Waals surface area contributed by atoms with Crippen LogP contribution in [0.2, 0.25) is 0 Å². The molecule has 1 atom stereocenters. The van der Waals surface area contributed by atoms with Crippen molar-refractivity contribution in [3.8, 4) is 0 Å². The second kappa shape index (κ2) is 7.26. The van der Waals surface area contributed by atoms with Crippen LogP contribution in [0, 0.1) is 22.7 Å². The summed E-state index contributed by atoms with van der Waals surface area (Å²) in [5, 5.41) is 0. The molecule has 2 aliphatic heterocycles. The number of hydrogen-bond donors (Lipinski definition) is 0. The maximum atomic E-state index is 13.2. The van der Waals surface area contributed by atoms with Gasteiger partial charge in [0.1, 0.15) is 5.78 Å². The molecule has 2 aliphatic rings. The summed E-state index contributed by atoms with van der Waals surface area (Å²) >= 11 is 0. The van der Waals surface area contributed by atoms with Crippen molar-refractivity contribution in [2.24, 2.45) is 22.7 Å². The SMILES string of the molecule is CC1(C)CC(C(=O)C(C)(C)C)CN(C(=O)C2CCN(C(C)(C)C)CC2)C1. The molecule has 150 valence electrons. The van der Waals surface area contributed by atoms with E-state index in [0.717, 1.165) is 38.9 Å². The van der Waals surface area contributed by atoms with Crippen molar-refractivity contribution in [3.05, 3.63) is 0 Å². The topological polar surface area (TPSA) is 40.6 Å². The lowest BCUT2D eigenvalue weighted by Gasteiger charge is -2.46. The number of amides is 1. The fraction of sp³-hybridized carbons (Fsp3) is 0.909. The van der Waals surface area contributed by atoms with Crippen LogP contribution in [-0.2, 0) is 9.59 Å². The van der Waals surface area contributed by atoms with Gasteiger partial charge >= 0.3 is 0 Å². The van der Waals surface area contributed by atoms with Gasteiger partial charge in [0.05, 0.1) is 0 Å². The van der Waals surface area contributed by atoms with Crippen LogP contribution in [0.25, 0.3) is 0 Å². The van der Waals surface area contributed by atoms with Crippen molar-refractivity contribution in [1.82, 2.24) is 9.80 Å². The molecule has 2 saturated heterocycles. The summed E-state index contributed by atoms with van der Waals surface area (Å²) in [6.07, 6.45) is 2.76. The van der Waals surface area contributed by atoms with Crippen molar-refractivity contribution < 1.29 is 9.59 Å². The Morgan fingerprint density at radius 1 is 0.923 bits per heavy atom. The van der Waals surface area contributed by atoms with Gasteiger partial charge in [0, 0.05) is 35.9 Å². The van der Waals surface area contributed by atoms with Crippen LogP contribution in [0.3, 0.4) is 0 Å². The number of Topliss-reactive ketones (excluding diaryl/α,β-unsaturated/α-hetero) is 1. The van der Waals surface area contributed by atoms with Gasteiger partial charge in [0.15, 0.2) is 0 Å². The first-order chi connectivity index (χ1) is 11.7. The molecule has 2 rings (SSSR count). The Morgan fingerprint density at radius 2 is 1.46 bits per heavy atom. The molecule has 4 heteroatoms. The Hall–Kier alpha value is -0.900. The molecule has 26 heavy (non-hydrogen) atoms. The lowest BCUT2D eigenvalue weighted by atomic mass is 9.72. The molecule has 0 N–H and O–H groups in total. The van der Waals surface area contributed by atoms with Gasteiger partial charge in [-0.05, 0) is 58.5 Å². The average molecular weight is 365 g/mol. The second-order valence-electron chi connectivity index (χ2n) is 11.3. The Morgan fingerprint density at radius 3 is 1.92 bits per heavy atom. The highest BCUT2D eigenvalue weighted by Gasteiger charge is 2.42. The van der Waals surface area contributed by atoms with E-state index >= 15 is 0 Å².